The van der Waals surface area contributed by atoms with E-state index in [2.05, 4.69) is 26.1 Å². The molecule has 0 N–H and O–H groups in total. The van der Waals surface area contributed by atoms with Gasteiger partial charge in [0.2, 0.25) is 11.7 Å². The number of hydrogen-bond acceptors (Lipinski definition) is 4. The summed E-state index contributed by atoms with van der Waals surface area (Å²) in [5, 5.41) is 3.97. The summed E-state index contributed by atoms with van der Waals surface area (Å²) in [6.07, 6.45) is 3.47. The van der Waals surface area contributed by atoms with Gasteiger partial charge in [0.15, 0.2) is 0 Å². The lowest BCUT2D eigenvalue weighted by atomic mass is 9.88. The van der Waals surface area contributed by atoms with Crippen molar-refractivity contribution in [3.8, 4) is 11.4 Å². The quantitative estimate of drug-likeness (QED) is 0.846. The van der Waals surface area contributed by atoms with Crippen LogP contribution in [-0.2, 0) is 4.79 Å². The van der Waals surface area contributed by atoms with E-state index in [-0.39, 0.29) is 11.7 Å². The van der Waals surface area contributed by atoms with Gasteiger partial charge in [-0.15, -0.1) is 0 Å². The van der Waals surface area contributed by atoms with Gasteiger partial charge in [-0.2, -0.15) is 4.98 Å². The maximum absolute atomic E-state index is 11.9. The second kappa shape index (κ2) is 5.25. The predicted molar refractivity (Wildman–Crippen MR) is 73.7 cm³/mol. The molecule has 19 heavy (non-hydrogen) atoms. The number of nitrogens with zero attached hydrogens (tertiary/aromatic N) is 2. The molecule has 1 aromatic heterocycles. The van der Waals surface area contributed by atoms with Crippen LogP contribution in [0.2, 0.25) is 0 Å². The average Bonchev–Trinajstić information content (AvgIpc) is 2.89. The largest absolute Gasteiger partial charge is 0.338 e. The van der Waals surface area contributed by atoms with Gasteiger partial charge in [-0.25, -0.2) is 0 Å². The number of halogens is 1. The highest BCUT2D eigenvalue weighted by molar-refractivity contribution is 9.10. The fourth-order valence-corrected chi connectivity index (χ4v) is 2.60. The normalized spacial score (nSPS) is 19.6. The Morgan fingerprint density at radius 3 is 2.74 bits per heavy atom. The van der Waals surface area contributed by atoms with Crippen LogP contribution >= 0.6 is 15.9 Å². The number of carbonyl (C=O) groups excluding carboxylic acids is 1. The summed E-state index contributed by atoms with van der Waals surface area (Å²) in [6, 6.07) is 7.69. The van der Waals surface area contributed by atoms with Crippen molar-refractivity contribution in [3.05, 3.63) is 34.6 Å². The molecular weight excluding hydrogens is 308 g/mol. The first-order chi connectivity index (χ1) is 9.24. The number of carbonyl (C=O) groups is 1. The Hall–Kier alpha value is -1.49. The number of rotatable bonds is 2. The maximum Gasteiger partial charge on any atom is 0.237 e. The average molecular weight is 321 g/mol. The van der Waals surface area contributed by atoms with Gasteiger partial charge in [-0.05, 0) is 37.1 Å². The number of aromatic nitrogens is 2. The van der Waals surface area contributed by atoms with Crippen molar-refractivity contribution in [2.45, 2.75) is 31.6 Å². The molecule has 0 aliphatic heterocycles. The Balaban J connectivity index is 1.86. The van der Waals surface area contributed by atoms with Crippen LogP contribution in [0.4, 0.5) is 0 Å². The van der Waals surface area contributed by atoms with Crippen molar-refractivity contribution in [2.75, 3.05) is 0 Å². The van der Waals surface area contributed by atoms with Gasteiger partial charge in [0.05, 0.1) is 5.92 Å². The molecule has 1 fully saturated rings. The van der Waals surface area contributed by atoms with Crippen molar-refractivity contribution in [3.63, 3.8) is 0 Å². The summed E-state index contributed by atoms with van der Waals surface area (Å²) >= 11 is 3.38. The highest BCUT2D eigenvalue weighted by Gasteiger charge is 2.29. The Labute approximate surface area is 119 Å². The molecule has 2 aromatic rings. The molecule has 1 aliphatic carbocycles. The van der Waals surface area contributed by atoms with E-state index in [1.165, 1.54) is 0 Å². The minimum Gasteiger partial charge on any atom is -0.338 e. The molecule has 1 aromatic carbocycles. The standard InChI is InChI=1S/C14H13BrN2O2/c15-10-7-5-9(6-8-10)13-16-14(19-17-13)11-3-1-2-4-12(11)18/h5-8,11H,1-4H2. The second-order valence-corrected chi connectivity index (χ2v) is 5.64. The van der Waals surface area contributed by atoms with Gasteiger partial charge in [-0.1, -0.05) is 27.5 Å². The molecule has 1 heterocycles. The lowest BCUT2D eigenvalue weighted by Crippen LogP contribution is -2.17. The molecule has 1 unspecified atom stereocenters. The van der Waals surface area contributed by atoms with Gasteiger partial charge in [0.1, 0.15) is 5.78 Å². The van der Waals surface area contributed by atoms with Gasteiger partial charge in [0.25, 0.3) is 0 Å². The maximum atomic E-state index is 11.9. The molecule has 0 spiro atoms. The minimum atomic E-state index is -0.203. The number of hydrogen-bond donors (Lipinski definition) is 0. The summed E-state index contributed by atoms with van der Waals surface area (Å²) in [5.74, 6) is 1.02. The van der Waals surface area contributed by atoms with E-state index < -0.39 is 0 Å². The van der Waals surface area contributed by atoms with Crippen LogP contribution in [0, 0.1) is 0 Å². The Morgan fingerprint density at radius 2 is 2.00 bits per heavy atom. The van der Waals surface area contributed by atoms with Crippen LogP contribution in [0.25, 0.3) is 11.4 Å². The van der Waals surface area contributed by atoms with Crippen LogP contribution in [0.5, 0.6) is 0 Å². The fraction of sp³-hybridized carbons (Fsp3) is 0.357. The van der Waals surface area contributed by atoms with Crippen LogP contribution in [-0.4, -0.2) is 15.9 Å². The van der Waals surface area contributed by atoms with Crippen molar-refractivity contribution in [1.82, 2.24) is 10.1 Å². The summed E-state index contributed by atoms with van der Waals surface area (Å²) in [6.45, 7) is 0. The van der Waals surface area contributed by atoms with Gasteiger partial charge in [0, 0.05) is 16.5 Å². The first-order valence-electron chi connectivity index (χ1n) is 6.36. The molecule has 1 saturated carbocycles. The van der Waals surface area contributed by atoms with Crippen LogP contribution in [0.1, 0.15) is 37.5 Å². The fourth-order valence-electron chi connectivity index (χ4n) is 2.34. The molecule has 5 heteroatoms. The number of ketones is 1. The van der Waals surface area contributed by atoms with E-state index >= 15 is 0 Å². The third-order valence-corrected chi connectivity index (χ3v) is 3.93. The van der Waals surface area contributed by atoms with Crippen LogP contribution in [0.15, 0.2) is 33.3 Å². The Bertz CT molecular complexity index is 592. The number of Topliss-reactive ketones (excluding diaryl/α,β-unsaturated/α-hetero) is 1. The molecule has 4 nitrogen and oxygen atoms in total. The van der Waals surface area contributed by atoms with E-state index in [0.29, 0.717) is 18.1 Å². The molecule has 0 amide bonds. The van der Waals surface area contributed by atoms with Crippen LogP contribution in [0.3, 0.4) is 0 Å². The first-order valence-corrected chi connectivity index (χ1v) is 7.15. The lowest BCUT2D eigenvalue weighted by molar-refractivity contribution is -0.122. The third kappa shape index (κ3) is 2.61. The zero-order valence-electron chi connectivity index (χ0n) is 10.3. The minimum absolute atomic E-state index is 0.203. The van der Waals surface area contributed by atoms with E-state index in [9.17, 15) is 4.79 Å². The van der Waals surface area contributed by atoms with E-state index in [1.54, 1.807) is 0 Å². The van der Waals surface area contributed by atoms with E-state index in [0.717, 1.165) is 29.3 Å². The smallest absolute Gasteiger partial charge is 0.237 e. The molecule has 0 radical (unpaired) electrons. The summed E-state index contributed by atoms with van der Waals surface area (Å²) in [5.41, 5.74) is 0.890. The second-order valence-electron chi connectivity index (χ2n) is 4.73. The zero-order chi connectivity index (χ0) is 13.2. The topological polar surface area (TPSA) is 56.0 Å². The van der Waals surface area contributed by atoms with Gasteiger partial charge in [-0.3, -0.25) is 4.79 Å². The lowest BCUT2D eigenvalue weighted by Gasteiger charge is -2.16. The summed E-state index contributed by atoms with van der Waals surface area (Å²) < 4.78 is 6.27. The molecule has 0 bridgehead atoms. The van der Waals surface area contributed by atoms with Crippen molar-refractivity contribution < 1.29 is 9.32 Å². The highest BCUT2D eigenvalue weighted by atomic mass is 79.9. The number of benzene rings is 1. The zero-order valence-corrected chi connectivity index (χ0v) is 11.9. The molecule has 98 valence electrons. The summed E-state index contributed by atoms with van der Waals surface area (Å²) in [4.78, 5) is 16.2. The summed E-state index contributed by atoms with van der Waals surface area (Å²) in [7, 11) is 0. The molecule has 0 saturated heterocycles. The van der Waals surface area contributed by atoms with Crippen molar-refractivity contribution >= 4 is 21.7 Å². The third-order valence-electron chi connectivity index (χ3n) is 3.40. The molecule has 1 atom stereocenters. The van der Waals surface area contributed by atoms with Crippen molar-refractivity contribution in [2.24, 2.45) is 0 Å². The Kier molecular flexibility index (Phi) is 3.46. The van der Waals surface area contributed by atoms with E-state index in [1.807, 2.05) is 24.3 Å². The molecule has 1 aliphatic rings. The monoisotopic (exact) mass is 320 g/mol. The molecular formula is C14H13BrN2O2. The van der Waals surface area contributed by atoms with Crippen molar-refractivity contribution in [1.29, 1.82) is 0 Å². The predicted octanol–water partition coefficient (Wildman–Crippen LogP) is 3.73. The molecule has 3 rings (SSSR count). The van der Waals surface area contributed by atoms with Gasteiger partial charge < -0.3 is 4.52 Å². The van der Waals surface area contributed by atoms with Gasteiger partial charge >= 0.3 is 0 Å². The van der Waals surface area contributed by atoms with E-state index in [4.69, 9.17) is 4.52 Å². The van der Waals surface area contributed by atoms with Crippen LogP contribution < -0.4 is 0 Å². The Morgan fingerprint density at radius 1 is 1.21 bits per heavy atom. The first kappa shape index (κ1) is 12.5. The SMILES string of the molecule is O=C1CCCCC1c1nc(-c2ccc(Br)cc2)no1. The highest BCUT2D eigenvalue weighted by Crippen LogP contribution is 2.30.